The Bertz CT molecular complexity index is 440. The van der Waals surface area contributed by atoms with Crippen LogP contribution in [-0.2, 0) is 13.0 Å². The van der Waals surface area contributed by atoms with Gasteiger partial charge in [-0.25, -0.2) is 4.68 Å². The maximum Gasteiger partial charge on any atom is 0.148 e. The minimum atomic E-state index is -0.468. The molecule has 0 aliphatic heterocycles. The molecule has 5 nitrogen and oxygen atoms in total. The highest BCUT2D eigenvalue weighted by Crippen LogP contribution is 2.04. The molecule has 0 fully saturated rings. The molecule has 0 saturated carbocycles. The normalized spacial score (nSPS) is 12.6. The van der Waals surface area contributed by atoms with E-state index in [0.717, 1.165) is 5.56 Å². The molecule has 0 saturated heterocycles. The summed E-state index contributed by atoms with van der Waals surface area (Å²) in [6.07, 6.45) is 0.143. The SMILES string of the molecule is Cc1nnnn1CC(O)Cc1ccccc1. The first-order valence-electron chi connectivity index (χ1n) is 5.20. The van der Waals surface area contributed by atoms with Crippen LogP contribution in [0, 0.1) is 6.92 Å². The lowest BCUT2D eigenvalue weighted by Gasteiger charge is -2.10. The van der Waals surface area contributed by atoms with Gasteiger partial charge < -0.3 is 5.11 Å². The van der Waals surface area contributed by atoms with E-state index in [2.05, 4.69) is 15.5 Å². The molecule has 1 aromatic carbocycles. The average Bonchev–Trinajstić information content (AvgIpc) is 2.66. The zero-order chi connectivity index (χ0) is 11.4. The number of rotatable bonds is 4. The largest absolute Gasteiger partial charge is 0.391 e. The van der Waals surface area contributed by atoms with Gasteiger partial charge >= 0.3 is 0 Å². The van der Waals surface area contributed by atoms with Crippen molar-refractivity contribution in [3.05, 3.63) is 41.7 Å². The maximum absolute atomic E-state index is 9.88. The molecule has 0 spiro atoms. The van der Waals surface area contributed by atoms with Crippen LogP contribution < -0.4 is 0 Å². The van der Waals surface area contributed by atoms with Crippen LogP contribution in [0.15, 0.2) is 30.3 Å². The summed E-state index contributed by atoms with van der Waals surface area (Å²) in [6, 6.07) is 9.88. The number of aliphatic hydroxyl groups is 1. The van der Waals surface area contributed by atoms with E-state index in [1.807, 2.05) is 37.3 Å². The van der Waals surface area contributed by atoms with E-state index in [4.69, 9.17) is 0 Å². The van der Waals surface area contributed by atoms with E-state index < -0.39 is 6.10 Å². The zero-order valence-electron chi connectivity index (χ0n) is 9.11. The van der Waals surface area contributed by atoms with Gasteiger partial charge in [0.2, 0.25) is 0 Å². The van der Waals surface area contributed by atoms with Gasteiger partial charge in [0, 0.05) is 6.42 Å². The highest BCUT2D eigenvalue weighted by Gasteiger charge is 2.09. The first kappa shape index (κ1) is 10.8. The summed E-state index contributed by atoms with van der Waals surface area (Å²) in [5.74, 6) is 0.715. The van der Waals surface area contributed by atoms with Crippen LogP contribution >= 0.6 is 0 Å². The molecule has 16 heavy (non-hydrogen) atoms. The van der Waals surface area contributed by atoms with Crippen LogP contribution in [0.3, 0.4) is 0 Å². The number of nitrogens with zero attached hydrogens (tertiary/aromatic N) is 4. The summed E-state index contributed by atoms with van der Waals surface area (Å²) >= 11 is 0. The van der Waals surface area contributed by atoms with E-state index in [1.165, 1.54) is 0 Å². The Kier molecular flexibility index (Phi) is 3.26. The molecule has 1 N–H and O–H groups in total. The summed E-state index contributed by atoms with van der Waals surface area (Å²) in [6.45, 7) is 2.24. The Labute approximate surface area is 93.7 Å². The molecule has 84 valence electrons. The fourth-order valence-corrected chi connectivity index (χ4v) is 1.57. The predicted molar refractivity (Wildman–Crippen MR) is 58.7 cm³/mol. The average molecular weight is 218 g/mol. The van der Waals surface area contributed by atoms with E-state index >= 15 is 0 Å². The number of benzene rings is 1. The van der Waals surface area contributed by atoms with Gasteiger partial charge in [-0.3, -0.25) is 0 Å². The van der Waals surface area contributed by atoms with Crippen LogP contribution in [0.2, 0.25) is 0 Å². The minimum Gasteiger partial charge on any atom is -0.391 e. The van der Waals surface area contributed by atoms with Crippen molar-refractivity contribution in [1.82, 2.24) is 20.2 Å². The smallest absolute Gasteiger partial charge is 0.148 e. The van der Waals surface area contributed by atoms with E-state index in [0.29, 0.717) is 18.8 Å². The second-order valence-electron chi connectivity index (χ2n) is 3.75. The summed E-state index contributed by atoms with van der Waals surface area (Å²) < 4.78 is 1.60. The lowest BCUT2D eigenvalue weighted by atomic mass is 10.1. The number of hydrogen-bond acceptors (Lipinski definition) is 4. The Morgan fingerprint density at radius 2 is 2.06 bits per heavy atom. The Morgan fingerprint density at radius 3 is 2.69 bits per heavy atom. The molecule has 1 heterocycles. The standard InChI is InChI=1S/C11H14N4O/c1-9-12-13-14-15(9)8-11(16)7-10-5-3-2-4-6-10/h2-6,11,16H,7-8H2,1H3. The molecule has 0 amide bonds. The van der Waals surface area contributed by atoms with Crippen molar-refractivity contribution in [2.75, 3.05) is 0 Å². The van der Waals surface area contributed by atoms with E-state index in [1.54, 1.807) is 4.68 Å². The van der Waals surface area contributed by atoms with Crippen molar-refractivity contribution in [3.8, 4) is 0 Å². The van der Waals surface area contributed by atoms with Crippen molar-refractivity contribution in [3.63, 3.8) is 0 Å². The quantitative estimate of drug-likeness (QED) is 0.815. The molecule has 1 aromatic heterocycles. The third kappa shape index (κ3) is 2.64. The van der Waals surface area contributed by atoms with Gasteiger partial charge in [-0.15, -0.1) is 5.10 Å². The number of hydrogen-bond donors (Lipinski definition) is 1. The summed E-state index contributed by atoms with van der Waals surface area (Å²) in [4.78, 5) is 0. The molecule has 0 aliphatic rings. The van der Waals surface area contributed by atoms with Gasteiger partial charge in [0.1, 0.15) is 5.82 Å². The van der Waals surface area contributed by atoms with Crippen molar-refractivity contribution in [2.24, 2.45) is 0 Å². The maximum atomic E-state index is 9.88. The highest BCUT2D eigenvalue weighted by atomic mass is 16.3. The fraction of sp³-hybridized carbons (Fsp3) is 0.364. The first-order valence-corrected chi connectivity index (χ1v) is 5.20. The third-order valence-corrected chi connectivity index (χ3v) is 2.41. The Balaban J connectivity index is 1.95. The van der Waals surface area contributed by atoms with Gasteiger partial charge in [-0.05, 0) is 22.9 Å². The van der Waals surface area contributed by atoms with E-state index in [9.17, 15) is 5.11 Å². The molecule has 1 atom stereocenters. The van der Waals surface area contributed by atoms with Gasteiger partial charge in [0.05, 0.1) is 12.6 Å². The van der Waals surface area contributed by atoms with Crippen molar-refractivity contribution < 1.29 is 5.11 Å². The molecule has 0 bridgehead atoms. The number of aliphatic hydroxyl groups excluding tert-OH is 1. The molecule has 2 rings (SSSR count). The van der Waals surface area contributed by atoms with Crippen molar-refractivity contribution in [1.29, 1.82) is 0 Å². The summed E-state index contributed by atoms with van der Waals surface area (Å²) in [7, 11) is 0. The second kappa shape index (κ2) is 4.85. The lowest BCUT2D eigenvalue weighted by Crippen LogP contribution is -2.20. The number of aromatic nitrogens is 4. The van der Waals surface area contributed by atoms with Gasteiger partial charge in [0.15, 0.2) is 0 Å². The minimum absolute atomic E-state index is 0.424. The first-order chi connectivity index (χ1) is 7.75. The summed E-state index contributed by atoms with van der Waals surface area (Å²) in [5.41, 5.74) is 1.11. The molecule has 0 radical (unpaired) electrons. The highest BCUT2D eigenvalue weighted by molar-refractivity contribution is 5.15. The zero-order valence-corrected chi connectivity index (χ0v) is 9.11. The van der Waals surface area contributed by atoms with Gasteiger partial charge in [-0.1, -0.05) is 30.3 Å². The fourth-order valence-electron chi connectivity index (χ4n) is 1.57. The van der Waals surface area contributed by atoms with E-state index in [-0.39, 0.29) is 0 Å². The topological polar surface area (TPSA) is 63.8 Å². The lowest BCUT2D eigenvalue weighted by molar-refractivity contribution is 0.147. The monoisotopic (exact) mass is 218 g/mol. The summed E-state index contributed by atoms with van der Waals surface area (Å²) in [5, 5.41) is 21.0. The van der Waals surface area contributed by atoms with Gasteiger partial charge in [0.25, 0.3) is 0 Å². The predicted octanol–water partition coefficient (Wildman–Crippen LogP) is 0.585. The van der Waals surface area contributed by atoms with Crippen LogP contribution in [0.4, 0.5) is 0 Å². The van der Waals surface area contributed by atoms with Gasteiger partial charge in [-0.2, -0.15) is 0 Å². The van der Waals surface area contributed by atoms with Crippen LogP contribution in [0.1, 0.15) is 11.4 Å². The van der Waals surface area contributed by atoms with Crippen LogP contribution in [0.25, 0.3) is 0 Å². The Morgan fingerprint density at radius 1 is 1.31 bits per heavy atom. The number of aryl methyl sites for hydroxylation is 1. The van der Waals surface area contributed by atoms with Crippen LogP contribution in [-0.4, -0.2) is 31.4 Å². The molecular formula is C11H14N4O. The number of tetrazole rings is 1. The van der Waals surface area contributed by atoms with Crippen molar-refractivity contribution >= 4 is 0 Å². The second-order valence-corrected chi connectivity index (χ2v) is 3.75. The molecule has 0 aliphatic carbocycles. The van der Waals surface area contributed by atoms with Crippen LogP contribution in [0.5, 0.6) is 0 Å². The molecule has 1 unspecified atom stereocenters. The Hall–Kier alpha value is -1.75. The molecule has 5 heteroatoms. The van der Waals surface area contributed by atoms with Crippen molar-refractivity contribution in [2.45, 2.75) is 26.0 Å². The molecule has 2 aromatic rings. The third-order valence-electron chi connectivity index (χ3n) is 2.41. The molecular weight excluding hydrogens is 204 g/mol.